The predicted molar refractivity (Wildman–Crippen MR) is 82.6 cm³/mol. The van der Waals surface area contributed by atoms with Crippen LogP contribution in [-0.2, 0) is 11.3 Å². The number of halogens is 1. The van der Waals surface area contributed by atoms with Crippen molar-refractivity contribution in [3.8, 4) is 17.1 Å². The zero-order valence-corrected chi connectivity index (χ0v) is 13.1. The lowest BCUT2D eigenvalue weighted by Gasteiger charge is -2.15. The number of nitrogens with zero attached hydrogens (tertiary/aromatic N) is 2. The van der Waals surface area contributed by atoms with Crippen LogP contribution in [0.25, 0.3) is 11.3 Å². The maximum atomic E-state index is 11.7. The molecule has 0 aliphatic carbocycles. The van der Waals surface area contributed by atoms with E-state index in [-0.39, 0.29) is 5.56 Å². The van der Waals surface area contributed by atoms with Gasteiger partial charge in [-0.1, -0.05) is 11.6 Å². The molecule has 0 aliphatic rings. The molecule has 2 rings (SSSR count). The molecule has 2 heterocycles. The number of aromatic amines is 1. The van der Waals surface area contributed by atoms with Crippen LogP contribution in [-0.4, -0.2) is 35.4 Å². The van der Waals surface area contributed by atoms with Crippen molar-refractivity contribution in [2.75, 3.05) is 20.8 Å². The van der Waals surface area contributed by atoms with Crippen LogP contribution >= 0.6 is 23.8 Å². The lowest BCUT2D eigenvalue weighted by atomic mass is 10.2. The van der Waals surface area contributed by atoms with Crippen molar-refractivity contribution in [3.63, 3.8) is 0 Å². The fourth-order valence-corrected chi connectivity index (χ4v) is 2.37. The fraction of sp³-hybridized carbons (Fsp3) is 0.308. The summed E-state index contributed by atoms with van der Waals surface area (Å²) >= 11 is 11.2. The van der Waals surface area contributed by atoms with Crippen molar-refractivity contribution < 1.29 is 9.47 Å². The third-order valence-electron chi connectivity index (χ3n) is 2.84. The molecule has 0 amide bonds. The first-order chi connectivity index (χ1) is 10.1. The van der Waals surface area contributed by atoms with Gasteiger partial charge in [0.25, 0.3) is 5.56 Å². The molecule has 2 aromatic heterocycles. The molecule has 6 nitrogen and oxygen atoms in total. The molecule has 0 spiro atoms. The summed E-state index contributed by atoms with van der Waals surface area (Å²) < 4.78 is 12.4. The van der Waals surface area contributed by atoms with Crippen molar-refractivity contribution in [1.29, 1.82) is 0 Å². The molecule has 1 N–H and O–H groups in total. The normalized spacial score (nSPS) is 10.6. The second-order valence-electron chi connectivity index (χ2n) is 4.18. The van der Waals surface area contributed by atoms with Crippen molar-refractivity contribution in [2.45, 2.75) is 6.54 Å². The van der Waals surface area contributed by atoms with E-state index in [1.807, 2.05) is 0 Å². The van der Waals surface area contributed by atoms with Gasteiger partial charge in [0.2, 0.25) is 5.88 Å². The van der Waals surface area contributed by atoms with Gasteiger partial charge in [0.1, 0.15) is 0 Å². The van der Waals surface area contributed by atoms with Crippen molar-refractivity contribution in [1.82, 2.24) is 14.5 Å². The molecule has 0 fully saturated rings. The Morgan fingerprint density at radius 1 is 1.43 bits per heavy atom. The zero-order valence-electron chi connectivity index (χ0n) is 11.6. The zero-order chi connectivity index (χ0) is 15.4. The molecular weight excluding hydrogens is 314 g/mol. The topological polar surface area (TPSA) is 69.1 Å². The standard InChI is InChI=1S/C13H14ClN3O3S/c1-19-4-3-17-10(6-11(18)16-13(17)21)9-5-8(14)7-15-12(9)20-2/h5-7H,3-4H2,1-2H3,(H,16,18,21). The number of nitrogens with one attached hydrogen (secondary N) is 1. The Morgan fingerprint density at radius 3 is 2.86 bits per heavy atom. The van der Waals surface area contributed by atoms with E-state index in [9.17, 15) is 4.79 Å². The van der Waals surface area contributed by atoms with E-state index in [4.69, 9.17) is 33.3 Å². The first-order valence-corrected chi connectivity index (χ1v) is 6.88. The van der Waals surface area contributed by atoms with Gasteiger partial charge in [0, 0.05) is 25.9 Å². The van der Waals surface area contributed by atoms with E-state index < -0.39 is 0 Å². The number of hydrogen-bond acceptors (Lipinski definition) is 5. The summed E-state index contributed by atoms with van der Waals surface area (Å²) in [6.45, 7) is 0.931. The molecular formula is C13H14ClN3O3S. The van der Waals surface area contributed by atoms with Gasteiger partial charge in [-0.2, -0.15) is 0 Å². The highest BCUT2D eigenvalue weighted by molar-refractivity contribution is 7.71. The Labute approximate surface area is 131 Å². The molecule has 0 saturated heterocycles. The maximum Gasteiger partial charge on any atom is 0.252 e. The van der Waals surface area contributed by atoms with E-state index in [0.717, 1.165) is 0 Å². The van der Waals surface area contributed by atoms with Gasteiger partial charge < -0.3 is 14.0 Å². The van der Waals surface area contributed by atoms with Crippen LogP contribution in [0.5, 0.6) is 5.88 Å². The number of rotatable bonds is 5. The van der Waals surface area contributed by atoms with Gasteiger partial charge in [0.05, 0.1) is 30.0 Å². The first-order valence-electron chi connectivity index (χ1n) is 6.10. The molecule has 0 saturated carbocycles. The Bertz CT molecular complexity index is 757. The minimum absolute atomic E-state index is 0.300. The highest BCUT2D eigenvalue weighted by Crippen LogP contribution is 2.29. The summed E-state index contributed by atoms with van der Waals surface area (Å²) in [5.41, 5.74) is 0.872. The van der Waals surface area contributed by atoms with Crippen LogP contribution in [0.1, 0.15) is 0 Å². The van der Waals surface area contributed by atoms with Crippen LogP contribution < -0.4 is 10.3 Å². The number of methoxy groups -OCH3 is 2. The molecule has 21 heavy (non-hydrogen) atoms. The van der Waals surface area contributed by atoms with Crippen molar-refractivity contribution >= 4 is 23.8 Å². The molecule has 0 aromatic carbocycles. The maximum absolute atomic E-state index is 11.7. The van der Waals surface area contributed by atoms with Crippen LogP contribution in [0.15, 0.2) is 23.1 Å². The van der Waals surface area contributed by atoms with Gasteiger partial charge >= 0.3 is 0 Å². The van der Waals surface area contributed by atoms with E-state index >= 15 is 0 Å². The second kappa shape index (κ2) is 6.84. The van der Waals surface area contributed by atoms with Gasteiger partial charge in [-0.3, -0.25) is 9.78 Å². The van der Waals surface area contributed by atoms with Gasteiger partial charge in [-0.15, -0.1) is 0 Å². The summed E-state index contributed by atoms with van der Waals surface area (Å²) in [5.74, 6) is 0.366. The number of ether oxygens (including phenoxy) is 2. The highest BCUT2D eigenvalue weighted by atomic mass is 35.5. The number of aromatic nitrogens is 3. The second-order valence-corrected chi connectivity index (χ2v) is 5.00. The van der Waals surface area contributed by atoms with Crippen LogP contribution in [0, 0.1) is 4.77 Å². The van der Waals surface area contributed by atoms with Gasteiger partial charge in [-0.05, 0) is 18.3 Å². The summed E-state index contributed by atoms with van der Waals surface area (Å²) in [6, 6.07) is 3.11. The van der Waals surface area contributed by atoms with Crippen LogP contribution in [0.3, 0.4) is 0 Å². The average Bonchev–Trinajstić information content (AvgIpc) is 2.45. The van der Waals surface area contributed by atoms with Crippen molar-refractivity contribution in [3.05, 3.63) is 38.5 Å². The molecule has 0 bridgehead atoms. The molecule has 0 atom stereocenters. The third kappa shape index (κ3) is 3.49. The number of H-pyrrole nitrogens is 1. The Morgan fingerprint density at radius 2 is 2.19 bits per heavy atom. The molecule has 0 aliphatic heterocycles. The minimum Gasteiger partial charge on any atom is -0.481 e. The third-order valence-corrected chi connectivity index (χ3v) is 3.37. The minimum atomic E-state index is -0.300. The van der Waals surface area contributed by atoms with E-state index in [1.165, 1.54) is 19.4 Å². The Hall–Kier alpha value is -1.70. The molecule has 0 radical (unpaired) electrons. The van der Waals surface area contributed by atoms with Gasteiger partial charge in [-0.25, -0.2) is 4.98 Å². The smallest absolute Gasteiger partial charge is 0.252 e. The summed E-state index contributed by atoms with van der Waals surface area (Å²) in [7, 11) is 3.09. The lowest BCUT2D eigenvalue weighted by molar-refractivity contribution is 0.186. The molecule has 0 unspecified atom stereocenters. The van der Waals surface area contributed by atoms with Crippen molar-refractivity contribution in [2.24, 2.45) is 0 Å². The monoisotopic (exact) mass is 327 g/mol. The summed E-state index contributed by atoms with van der Waals surface area (Å²) in [5, 5.41) is 0.440. The Balaban J connectivity index is 2.70. The highest BCUT2D eigenvalue weighted by Gasteiger charge is 2.13. The van der Waals surface area contributed by atoms with E-state index in [1.54, 1.807) is 17.7 Å². The average molecular weight is 328 g/mol. The largest absolute Gasteiger partial charge is 0.481 e. The Kier molecular flexibility index (Phi) is 5.11. The summed E-state index contributed by atoms with van der Waals surface area (Å²) in [6.07, 6.45) is 1.48. The van der Waals surface area contributed by atoms with Gasteiger partial charge in [0.15, 0.2) is 4.77 Å². The SMILES string of the molecule is COCCn1c(-c2cc(Cl)cnc2OC)cc(=O)[nH]c1=S. The predicted octanol–water partition coefficient (Wildman–Crippen LogP) is 2.28. The van der Waals surface area contributed by atoms with E-state index in [0.29, 0.717) is 40.1 Å². The molecule has 8 heteroatoms. The van der Waals surface area contributed by atoms with Crippen LogP contribution in [0.2, 0.25) is 5.02 Å². The lowest BCUT2D eigenvalue weighted by Crippen LogP contribution is -2.17. The number of pyridine rings is 1. The first kappa shape index (κ1) is 15.7. The fourth-order valence-electron chi connectivity index (χ4n) is 1.92. The summed E-state index contributed by atoms with van der Waals surface area (Å²) in [4.78, 5) is 18.4. The molecule has 2 aromatic rings. The quantitative estimate of drug-likeness (QED) is 0.853. The van der Waals surface area contributed by atoms with E-state index in [2.05, 4.69) is 9.97 Å². The van der Waals surface area contributed by atoms with Crippen LogP contribution in [0.4, 0.5) is 0 Å². The molecule has 112 valence electrons. The number of hydrogen-bond donors (Lipinski definition) is 1.